The van der Waals surface area contributed by atoms with Gasteiger partial charge in [-0.3, -0.25) is 0 Å². The third-order valence-electron chi connectivity index (χ3n) is 1.54. The van der Waals surface area contributed by atoms with Crippen LogP contribution in [0.1, 0.15) is 5.56 Å². The van der Waals surface area contributed by atoms with Crippen LogP contribution in [0.15, 0.2) is 30.1 Å². The second-order valence-corrected chi connectivity index (χ2v) is 2.97. The van der Waals surface area contributed by atoms with E-state index < -0.39 is 11.8 Å². The summed E-state index contributed by atoms with van der Waals surface area (Å²) in [7, 11) is 1.12. The van der Waals surface area contributed by atoms with Gasteiger partial charge >= 0.3 is 5.97 Å². The van der Waals surface area contributed by atoms with E-state index in [-0.39, 0.29) is 0 Å². The molecule has 1 aromatic carbocycles. The monoisotopic (exact) mass is 214 g/mol. The van der Waals surface area contributed by atoms with Crippen molar-refractivity contribution >= 4 is 23.6 Å². The molecule has 0 aliphatic rings. The van der Waals surface area contributed by atoms with Crippen molar-refractivity contribution in [3.63, 3.8) is 0 Å². The molecule has 0 aliphatic heterocycles. The molecule has 0 unspecified atom stereocenters. The van der Waals surface area contributed by atoms with Gasteiger partial charge in [0.2, 0.25) is 5.83 Å². The second kappa shape index (κ2) is 4.77. The summed E-state index contributed by atoms with van der Waals surface area (Å²) < 4.78 is 17.1. The largest absolute Gasteiger partial charge is 0.464 e. The van der Waals surface area contributed by atoms with Crippen LogP contribution in [0.4, 0.5) is 4.39 Å². The molecular formula is C10H8ClFO2. The van der Waals surface area contributed by atoms with Crippen molar-refractivity contribution in [3.05, 3.63) is 40.7 Å². The average molecular weight is 215 g/mol. The Morgan fingerprint density at radius 2 is 2.00 bits per heavy atom. The maximum atomic E-state index is 12.9. The zero-order valence-electron chi connectivity index (χ0n) is 7.46. The van der Waals surface area contributed by atoms with Gasteiger partial charge in [0.25, 0.3) is 0 Å². The van der Waals surface area contributed by atoms with Gasteiger partial charge in [-0.2, -0.15) is 4.39 Å². The molecule has 0 N–H and O–H groups in total. The summed E-state index contributed by atoms with van der Waals surface area (Å²) >= 11 is 5.63. The summed E-state index contributed by atoms with van der Waals surface area (Å²) in [6.07, 6.45) is 1.09. The quantitative estimate of drug-likeness (QED) is 0.559. The van der Waals surface area contributed by atoms with Crippen LogP contribution in [-0.4, -0.2) is 13.1 Å². The van der Waals surface area contributed by atoms with E-state index in [0.717, 1.165) is 13.2 Å². The summed E-state index contributed by atoms with van der Waals surface area (Å²) in [5.41, 5.74) is 0.553. The molecule has 1 rings (SSSR count). The van der Waals surface area contributed by atoms with Gasteiger partial charge in [0, 0.05) is 5.02 Å². The Morgan fingerprint density at radius 1 is 1.43 bits per heavy atom. The predicted octanol–water partition coefficient (Wildman–Crippen LogP) is 2.82. The van der Waals surface area contributed by atoms with Crippen molar-refractivity contribution in [1.82, 2.24) is 0 Å². The van der Waals surface area contributed by atoms with Crippen molar-refractivity contribution in [3.8, 4) is 0 Å². The van der Waals surface area contributed by atoms with E-state index in [1.54, 1.807) is 24.3 Å². The Balaban J connectivity index is 2.86. The lowest BCUT2D eigenvalue weighted by atomic mass is 10.2. The van der Waals surface area contributed by atoms with Crippen LogP contribution in [0, 0.1) is 0 Å². The standard InChI is InChI=1S/C10H8ClFO2/c1-14-10(13)9(12)6-7-2-4-8(11)5-3-7/h2-6H,1H3. The summed E-state index contributed by atoms with van der Waals surface area (Å²) in [4.78, 5) is 10.7. The summed E-state index contributed by atoms with van der Waals surface area (Å²) in [6.45, 7) is 0. The van der Waals surface area contributed by atoms with Crippen molar-refractivity contribution < 1.29 is 13.9 Å². The van der Waals surface area contributed by atoms with Crippen LogP contribution in [0.3, 0.4) is 0 Å². The molecule has 0 heterocycles. The average Bonchev–Trinajstić information content (AvgIpc) is 2.20. The third-order valence-corrected chi connectivity index (χ3v) is 1.80. The number of rotatable bonds is 2. The maximum Gasteiger partial charge on any atom is 0.366 e. The highest BCUT2D eigenvalue weighted by Crippen LogP contribution is 2.13. The van der Waals surface area contributed by atoms with Gasteiger partial charge in [-0.05, 0) is 23.8 Å². The van der Waals surface area contributed by atoms with E-state index in [9.17, 15) is 9.18 Å². The van der Waals surface area contributed by atoms with Gasteiger partial charge in [-0.1, -0.05) is 23.7 Å². The van der Waals surface area contributed by atoms with Crippen LogP contribution in [0.2, 0.25) is 5.02 Å². The molecule has 0 atom stereocenters. The first-order valence-electron chi connectivity index (χ1n) is 3.84. The smallest absolute Gasteiger partial charge is 0.366 e. The number of esters is 1. The van der Waals surface area contributed by atoms with Crippen LogP contribution < -0.4 is 0 Å². The number of halogens is 2. The van der Waals surface area contributed by atoms with E-state index in [1.165, 1.54) is 0 Å². The Bertz CT molecular complexity index is 357. The molecule has 74 valence electrons. The number of hydrogen-bond donors (Lipinski definition) is 0. The van der Waals surface area contributed by atoms with Crippen molar-refractivity contribution in [2.45, 2.75) is 0 Å². The summed E-state index contributed by atoms with van der Waals surface area (Å²) in [6, 6.07) is 6.42. The molecule has 0 aliphatic carbocycles. The predicted molar refractivity (Wildman–Crippen MR) is 52.6 cm³/mol. The fourth-order valence-corrected chi connectivity index (χ4v) is 0.988. The minimum atomic E-state index is -0.986. The minimum Gasteiger partial charge on any atom is -0.464 e. The fourth-order valence-electron chi connectivity index (χ4n) is 0.862. The molecule has 0 bridgehead atoms. The molecule has 0 spiro atoms. The Hall–Kier alpha value is -1.35. The van der Waals surface area contributed by atoms with Crippen molar-refractivity contribution in [1.29, 1.82) is 0 Å². The number of methoxy groups -OCH3 is 1. The molecule has 0 radical (unpaired) electrons. The number of ether oxygens (including phenoxy) is 1. The molecule has 0 amide bonds. The summed E-state index contributed by atoms with van der Waals surface area (Å²) in [5, 5.41) is 0.556. The van der Waals surface area contributed by atoms with Crippen molar-refractivity contribution in [2.75, 3.05) is 7.11 Å². The summed E-state index contributed by atoms with van der Waals surface area (Å²) in [5.74, 6) is -1.92. The first-order chi connectivity index (χ1) is 6.63. The lowest BCUT2D eigenvalue weighted by Gasteiger charge is -1.96. The van der Waals surface area contributed by atoms with E-state index in [2.05, 4.69) is 4.74 Å². The zero-order valence-corrected chi connectivity index (χ0v) is 8.22. The third kappa shape index (κ3) is 2.85. The molecule has 2 nitrogen and oxygen atoms in total. The first kappa shape index (κ1) is 10.7. The SMILES string of the molecule is COC(=O)C(F)=Cc1ccc(Cl)cc1. The van der Waals surface area contributed by atoms with Gasteiger partial charge < -0.3 is 4.74 Å². The lowest BCUT2D eigenvalue weighted by Crippen LogP contribution is -1.99. The zero-order chi connectivity index (χ0) is 10.6. The number of benzene rings is 1. The minimum absolute atomic E-state index is 0.553. The molecule has 4 heteroatoms. The molecule has 0 saturated carbocycles. The maximum absolute atomic E-state index is 12.9. The Morgan fingerprint density at radius 3 is 2.50 bits per heavy atom. The van der Waals surface area contributed by atoms with Gasteiger partial charge in [-0.15, -0.1) is 0 Å². The molecular weight excluding hydrogens is 207 g/mol. The van der Waals surface area contributed by atoms with Gasteiger partial charge in [0.15, 0.2) is 0 Å². The second-order valence-electron chi connectivity index (χ2n) is 2.54. The van der Waals surface area contributed by atoms with Gasteiger partial charge in [-0.25, -0.2) is 4.79 Å². The molecule has 0 fully saturated rings. The van der Waals surface area contributed by atoms with Gasteiger partial charge in [0.05, 0.1) is 7.11 Å². The number of hydrogen-bond acceptors (Lipinski definition) is 2. The van der Waals surface area contributed by atoms with Crippen LogP contribution in [0.25, 0.3) is 6.08 Å². The Labute approximate surface area is 85.9 Å². The van der Waals surface area contributed by atoms with Crippen LogP contribution >= 0.6 is 11.6 Å². The molecule has 0 aromatic heterocycles. The highest BCUT2D eigenvalue weighted by molar-refractivity contribution is 6.30. The number of carbonyl (C=O) groups is 1. The van der Waals surface area contributed by atoms with E-state index in [0.29, 0.717) is 10.6 Å². The molecule has 14 heavy (non-hydrogen) atoms. The lowest BCUT2D eigenvalue weighted by molar-refractivity contribution is -0.137. The molecule has 1 aromatic rings. The van der Waals surface area contributed by atoms with Crippen LogP contribution in [-0.2, 0) is 9.53 Å². The fraction of sp³-hybridized carbons (Fsp3) is 0.100. The Kier molecular flexibility index (Phi) is 3.65. The highest BCUT2D eigenvalue weighted by atomic mass is 35.5. The van der Waals surface area contributed by atoms with Crippen LogP contribution in [0.5, 0.6) is 0 Å². The van der Waals surface area contributed by atoms with E-state index in [4.69, 9.17) is 11.6 Å². The first-order valence-corrected chi connectivity index (χ1v) is 4.22. The van der Waals surface area contributed by atoms with E-state index in [1.807, 2.05) is 0 Å². The number of carbonyl (C=O) groups excluding carboxylic acids is 1. The molecule has 0 saturated heterocycles. The van der Waals surface area contributed by atoms with E-state index >= 15 is 0 Å². The van der Waals surface area contributed by atoms with Gasteiger partial charge in [0.1, 0.15) is 0 Å². The topological polar surface area (TPSA) is 26.3 Å². The normalized spacial score (nSPS) is 11.2. The van der Waals surface area contributed by atoms with Crippen molar-refractivity contribution in [2.24, 2.45) is 0 Å². The highest BCUT2D eigenvalue weighted by Gasteiger charge is 2.07.